The van der Waals surface area contributed by atoms with E-state index >= 15 is 0 Å². The minimum atomic E-state index is 0.105. The number of aromatic nitrogens is 1. The molecule has 0 radical (unpaired) electrons. The molecule has 2 rings (SSSR count). The monoisotopic (exact) mass is 289 g/mol. The summed E-state index contributed by atoms with van der Waals surface area (Å²) in [7, 11) is 0. The maximum Gasteiger partial charge on any atom is 0.140 e. The lowest BCUT2D eigenvalue weighted by molar-refractivity contribution is 0.128. The van der Waals surface area contributed by atoms with E-state index in [2.05, 4.69) is 35.6 Å². The average Bonchev–Trinajstić information content (AvgIpc) is 2.36. The van der Waals surface area contributed by atoms with Crippen molar-refractivity contribution in [3.63, 3.8) is 0 Å². The van der Waals surface area contributed by atoms with E-state index in [9.17, 15) is 0 Å². The van der Waals surface area contributed by atoms with Crippen LogP contribution in [0.2, 0.25) is 0 Å². The Balaban J connectivity index is 2.26. The SMILES string of the molecule is Cc1cc(C)c(C(=N)N)c(N2CCN(C(C)(C)C)CC2)n1. The molecule has 5 heteroatoms. The van der Waals surface area contributed by atoms with Gasteiger partial charge in [0.05, 0.1) is 5.56 Å². The number of rotatable bonds is 2. The number of hydrogen-bond donors (Lipinski definition) is 2. The van der Waals surface area contributed by atoms with Gasteiger partial charge in [-0.2, -0.15) is 0 Å². The minimum absolute atomic E-state index is 0.105. The van der Waals surface area contributed by atoms with E-state index < -0.39 is 0 Å². The van der Waals surface area contributed by atoms with Gasteiger partial charge >= 0.3 is 0 Å². The number of nitrogen functional groups attached to an aromatic ring is 1. The zero-order valence-electron chi connectivity index (χ0n) is 13.8. The summed E-state index contributed by atoms with van der Waals surface area (Å²) in [5.74, 6) is 0.974. The van der Waals surface area contributed by atoms with Crippen LogP contribution in [0.4, 0.5) is 5.82 Å². The molecule has 1 aliphatic heterocycles. The number of amidine groups is 1. The van der Waals surface area contributed by atoms with E-state index in [-0.39, 0.29) is 11.4 Å². The smallest absolute Gasteiger partial charge is 0.140 e. The lowest BCUT2D eigenvalue weighted by atomic mass is 10.0. The van der Waals surface area contributed by atoms with Gasteiger partial charge in [-0.05, 0) is 46.2 Å². The molecule has 0 saturated carbocycles. The fraction of sp³-hybridized carbons (Fsp3) is 0.625. The van der Waals surface area contributed by atoms with E-state index in [1.54, 1.807) is 0 Å². The molecule has 0 aliphatic carbocycles. The number of pyridine rings is 1. The van der Waals surface area contributed by atoms with Crippen molar-refractivity contribution in [3.8, 4) is 0 Å². The first-order chi connectivity index (χ1) is 9.70. The number of hydrogen-bond acceptors (Lipinski definition) is 4. The van der Waals surface area contributed by atoms with E-state index in [1.807, 2.05) is 19.9 Å². The van der Waals surface area contributed by atoms with Gasteiger partial charge in [-0.3, -0.25) is 10.3 Å². The van der Waals surface area contributed by atoms with Crippen molar-refractivity contribution in [3.05, 3.63) is 22.9 Å². The summed E-state index contributed by atoms with van der Waals surface area (Å²) < 4.78 is 0. The third kappa shape index (κ3) is 3.35. The molecular weight excluding hydrogens is 262 g/mol. The summed E-state index contributed by atoms with van der Waals surface area (Å²) in [4.78, 5) is 9.40. The fourth-order valence-electron chi connectivity index (χ4n) is 2.97. The summed E-state index contributed by atoms with van der Waals surface area (Å²) in [6.45, 7) is 14.6. The van der Waals surface area contributed by atoms with Crippen LogP contribution in [0.15, 0.2) is 6.07 Å². The predicted molar refractivity (Wildman–Crippen MR) is 88.3 cm³/mol. The first-order valence-corrected chi connectivity index (χ1v) is 7.53. The zero-order valence-corrected chi connectivity index (χ0v) is 13.8. The highest BCUT2D eigenvalue weighted by Gasteiger charge is 2.28. The summed E-state index contributed by atoms with van der Waals surface area (Å²) in [5.41, 5.74) is 8.77. The Morgan fingerprint density at radius 3 is 2.24 bits per heavy atom. The van der Waals surface area contributed by atoms with Crippen LogP contribution >= 0.6 is 0 Å². The molecule has 116 valence electrons. The van der Waals surface area contributed by atoms with Gasteiger partial charge in [0.1, 0.15) is 11.7 Å². The van der Waals surface area contributed by atoms with E-state index in [1.165, 1.54) is 0 Å². The molecule has 1 aromatic heterocycles. The van der Waals surface area contributed by atoms with Crippen molar-refractivity contribution >= 4 is 11.7 Å². The highest BCUT2D eigenvalue weighted by atomic mass is 15.3. The van der Waals surface area contributed by atoms with Crippen LogP contribution in [0.1, 0.15) is 37.6 Å². The second kappa shape index (κ2) is 5.64. The molecule has 21 heavy (non-hydrogen) atoms. The van der Waals surface area contributed by atoms with Crippen molar-refractivity contribution in [1.82, 2.24) is 9.88 Å². The van der Waals surface area contributed by atoms with E-state index in [4.69, 9.17) is 11.1 Å². The molecule has 5 nitrogen and oxygen atoms in total. The molecule has 0 unspecified atom stereocenters. The largest absolute Gasteiger partial charge is 0.384 e. The molecule has 0 bridgehead atoms. The number of nitrogens with two attached hydrogens (primary N) is 1. The molecule has 0 atom stereocenters. The lowest BCUT2D eigenvalue weighted by Crippen LogP contribution is -2.54. The van der Waals surface area contributed by atoms with Gasteiger partial charge in [0, 0.05) is 37.4 Å². The highest BCUT2D eigenvalue weighted by molar-refractivity contribution is 6.01. The zero-order chi connectivity index (χ0) is 15.8. The topological polar surface area (TPSA) is 69.2 Å². The molecule has 0 spiro atoms. The lowest BCUT2D eigenvalue weighted by Gasteiger charge is -2.43. The van der Waals surface area contributed by atoms with Gasteiger partial charge in [-0.25, -0.2) is 4.98 Å². The quantitative estimate of drug-likeness (QED) is 0.644. The fourth-order valence-corrected chi connectivity index (χ4v) is 2.97. The summed E-state index contributed by atoms with van der Waals surface area (Å²) in [5, 5.41) is 7.85. The number of piperazine rings is 1. The van der Waals surface area contributed by atoms with Gasteiger partial charge in [-0.15, -0.1) is 0 Å². The summed E-state index contributed by atoms with van der Waals surface area (Å²) in [6, 6.07) is 1.99. The Bertz CT molecular complexity index is 536. The van der Waals surface area contributed by atoms with Crippen molar-refractivity contribution in [2.24, 2.45) is 5.73 Å². The normalized spacial score (nSPS) is 17.1. The van der Waals surface area contributed by atoms with Crippen LogP contribution in [0.3, 0.4) is 0 Å². The summed E-state index contributed by atoms with van der Waals surface area (Å²) in [6.07, 6.45) is 0. The molecule has 0 amide bonds. The second-order valence-electron chi connectivity index (χ2n) is 6.84. The number of anilines is 1. The Kier molecular flexibility index (Phi) is 4.23. The Labute approximate surface area is 127 Å². The standard InChI is InChI=1S/C16H27N5/c1-11-10-12(2)19-15(13(11)14(17)18)20-6-8-21(9-7-20)16(3,4)5/h10H,6-9H2,1-5H3,(H3,17,18). The van der Waals surface area contributed by atoms with Crippen molar-refractivity contribution in [2.45, 2.75) is 40.2 Å². The third-order valence-electron chi connectivity index (χ3n) is 4.12. The Hall–Kier alpha value is -1.62. The highest BCUT2D eigenvalue weighted by Crippen LogP contribution is 2.25. The van der Waals surface area contributed by atoms with Crippen LogP contribution in [0.5, 0.6) is 0 Å². The van der Waals surface area contributed by atoms with Crippen LogP contribution < -0.4 is 10.6 Å². The minimum Gasteiger partial charge on any atom is -0.384 e. The number of nitrogens with zero attached hydrogens (tertiary/aromatic N) is 3. The molecule has 3 N–H and O–H groups in total. The molecule has 1 saturated heterocycles. The third-order valence-corrected chi connectivity index (χ3v) is 4.12. The average molecular weight is 289 g/mol. The van der Waals surface area contributed by atoms with Crippen LogP contribution in [0, 0.1) is 19.3 Å². The summed E-state index contributed by atoms with van der Waals surface area (Å²) >= 11 is 0. The first kappa shape index (κ1) is 15.8. The molecule has 1 aromatic rings. The van der Waals surface area contributed by atoms with Crippen molar-refractivity contribution < 1.29 is 0 Å². The van der Waals surface area contributed by atoms with Gasteiger partial charge in [0.15, 0.2) is 0 Å². The van der Waals surface area contributed by atoms with Crippen LogP contribution in [-0.4, -0.2) is 47.4 Å². The Morgan fingerprint density at radius 1 is 1.19 bits per heavy atom. The van der Waals surface area contributed by atoms with Gasteiger partial charge in [-0.1, -0.05) is 0 Å². The number of nitrogens with one attached hydrogen (secondary N) is 1. The first-order valence-electron chi connectivity index (χ1n) is 7.53. The van der Waals surface area contributed by atoms with E-state index in [0.717, 1.165) is 48.8 Å². The van der Waals surface area contributed by atoms with Crippen molar-refractivity contribution in [2.75, 3.05) is 31.1 Å². The maximum absolute atomic E-state index is 7.85. The number of aryl methyl sites for hydroxylation is 2. The van der Waals surface area contributed by atoms with Crippen LogP contribution in [0.25, 0.3) is 0 Å². The van der Waals surface area contributed by atoms with Crippen molar-refractivity contribution in [1.29, 1.82) is 5.41 Å². The molecule has 2 heterocycles. The van der Waals surface area contributed by atoms with Gasteiger partial charge in [0.25, 0.3) is 0 Å². The molecule has 1 aliphatic rings. The Morgan fingerprint density at radius 2 is 1.76 bits per heavy atom. The van der Waals surface area contributed by atoms with Gasteiger partial charge < -0.3 is 10.6 Å². The van der Waals surface area contributed by atoms with Gasteiger partial charge in [0.2, 0.25) is 0 Å². The predicted octanol–water partition coefficient (Wildman–Crippen LogP) is 1.90. The molecule has 0 aromatic carbocycles. The van der Waals surface area contributed by atoms with E-state index in [0.29, 0.717) is 0 Å². The molecule has 1 fully saturated rings. The molecular formula is C16H27N5. The maximum atomic E-state index is 7.85. The second-order valence-corrected chi connectivity index (χ2v) is 6.84. The van der Waals surface area contributed by atoms with Crippen LogP contribution in [-0.2, 0) is 0 Å².